The van der Waals surface area contributed by atoms with Gasteiger partial charge in [0.1, 0.15) is 5.92 Å². The number of aliphatic carboxylic acids is 1. The van der Waals surface area contributed by atoms with Crippen LogP contribution in [0.5, 0.6) is 0 Å². The number of carbonyl (C=O) groups excluding carboxylic acids is 1. The summed E-state index contributed by atoms with van der Waals surface area (Å²) in [5.41, 5.74) is 0.423. The summed E-state index contributed by atoms with van der Waals surface area (Å²) in [7, 11) is 0. The molecule has 0 bridgehead atoms. The normalized spacial score (nSPS) is 12.1. The summed E-state index contributed by atoms with van der Waals surface area (Å²) in [4.78, 5) is 22.6. The van der Waals surface area contributed by atoms with E-state index in [0.717, 1.165) is 0 Å². The monoisotopic (exact) mass is 270 g/mol. The topological polar surface area (TPSA) is 54.4 Å². The van der Waals surface area contributed by atoms with E-state index in [-0.39, 0.29) is 5.78 Å². The smallest absolute Gasteiger partial charge is 0.314 e. The van der Waals surface area contributed by atoms with Gasteiger partial charge in [-0.2, -0.15) is 0 Å². The number of carboxylic acids is 1. The molecule has 0 amide bonds. The van der Waals surface area contributed by atoms with E-state index in [1.54, 1.807) is 31.2 Å². The molecule has 0 fully saturated rings. The average molecular weight is 271 g/mol. The van der Waals surface area contributed by atoms with E-state index < -0.39 is 11.9 Å². The molecule has 3 nitrogen and oxygen atoms in total. The van der Waals surface area contributed by atoms with Gasteiger partial charge in [0.15, 0.2) is 5.78 Å². The van der Waals surface area contributed by atoms with Crippen molar-refractivity contribution in [3.05, 3.63) is 34.3 Å². The Morgan fingerprint density at radius 2 is 2.00 bits per heavy atom. The van der Waals surface area contributed by atoms with Gasteiger partial charge in [-0.1, -0.05) is 41.1 Å². The van der Waals surface area contributed by atoms with Gasteiger partial charge in [0, 0.05) is 10.0 Å². The molecule has 0 aliphatic carbocycles. The Morgan fingerprint density at radius 3 is 2.47 bits per heavy atom. The van der Waals surface area contributed by atoms with Gasteiger partial charge in [-0.05, 0) is 12.5 Å². The lowest BCUT2D eigenvalue weighted by Crippen LogP contribution is -2.23. The molecule has 4 heteroatoms. The first-order chi connectivity index (χ1) is 7.07. The van der Waals surface area contributed by atoms with Gasteiger partial charge in [-0.15, -0.1) is 0 Å². The number of Topliss-reactive ketones (excluding diaryl/α,β-unsaturated/α-hetero) is 1. The zero-order valence-corrected chi connectivity index (χ0v) is 9.82. The molecule has 0 saturated heterocycles. The Labute approximate surface area is 96.2 Å². The molecule has 1 aromatic rings. The van der Waals surface area contributed by atoms with E-state index in [0.29, 0.717) is 16.5 Å². The maximum atomic E-state index is 11.8. The number of ketones is 1. The molecule has 0 aliphatic rings. The Kier molecular flexibility index (Phi) is 4.03. The molecular weight excluding hydrogens is 260 g/mol. The van der Waals surface area contributed by atoms with Crippen molar-refractivity contribution >= 4 is 27.7 Å². The molecule has 0 spiro atoms. The number of rotatable bonds is 4. The first-order valence-corrected chi connectivity index (χ1v) is 5.38. The van der Waals surface area contributed by atoms with Gasteiger partial charge in [0.05, 0.1) is 0 Å². The van der Waals surface area contributed by atoms with Crippen LogP contribution in [0.2, 0.25) is 0 Å². The van der Waals surface area contributed by atoms with Crippen LogP contribution in [0.4, 0.5) is 0 Å². The number of carbonyl (C=O) groups is 2. The van der Waals surface area contributed by atoms with Crippen molar-refractivity contribution in [2.75, 3.05) is 0 Å². The van der Waals surface area contributed by atoms with E-state index >= 15 is 0 Å². The highest BCUT2D eigenvalue weighted by Gasteiger charge is 2.26. The molecule has 15 heavy (non-hydrogen) atoms. The molecule has 1 unspecified atom stereocenters. The van der Waals surface area contributed by atoms with Crippen molar-refractivity contribution in [1.29, 1.82) is 0 Å². The van der Waals surface area contributed by atoms with Crippen molar-refractivity contribution in [1.82, 2.24) is 0 Å². The molecule has 1 aromatic carbocycles. The highest BCUT2D eigenvalue weighted by Crippen LogP contribution is 2.21. The van der Waals surface area contributed by atoms with Crippen LogP contribution in [0.15, 0.2) is 28.7 Å². The molecule has 0 heterocycles. The van der Waals surface area contributed by atoms with Gasteiger partial charge in [-0.25, -0.2) is 0 Å². The maximum absolute atomic E-state index is 11.8. The fourth-order valence-electron chi connectivity index (χ4n) is 1.32. The van der Waals surface area contributed by atoms with E-state index in [1.807, 2.05) is 0 Å². The predicted molar refractivity (Wildman–Crippen MR) is 59.9 cm³/mol. The molecular formula is C11H11BrO3. The van der Waals surface area contributed by atoms with E-state index in [4.69, 9.17) is 5.11 Å². The number of hydrogen-bond donors (Lipinski definition) is 1. The van der Waals surface area contributed by atoms with Crippen LogP contribution in [0.1, 0.15) is 23.7 Å². The lowest BCUT2D eigenvalue weighted by Gasteiger charge is -2.09. The second-order valence-electron chi connectivity index (χ2n) is 3.14. The van der Waals surface area contributed by atoms with Crippen molar-refractivity contribution in [2.24, 2.45) is 5.92 Å². The zero-order valence-electron chi connectivity index (χ0n) is 8.24. The molecule has 80 valence electrons. The molecule has 1 rings (SSSR count). The van der Waals surface area contributed by atoms with Gasteiger partial charge >= 0.3 is 5.97 Å². The van der Waals surface area contributed by atoms with E-state index in [9.17, 15) is 9.59 Å². The second kappa shape index (κ2) is 5.07. The average Bonchev–Trinajstić information content (AvgIpc) is 2.18. The quantitative estimate of drug-likeness (QED) is 0.676. The summed E-state index contributed by atoms with van der Waals surface area (Å²) < 4.78 is 0.634. The van der Waals surface area contributed by atoms with Gasteiger partial charge in [0.2, 0.25) is 0 Å². The van der Waals surface area contributed by atoms with Crippen LogP contribution in [0.25, 0.3) is 0 Å². The minimum Gasteiger partial charge on any atom is -0.481 e. The molecule has 1 atom stereocenters. The Balaban J connectivity index is 3.03. The fraction of sp³-hybridized carbons (Fsp3) is 0.273. The standard InChI is InChI=1S/C11H11BrO3/c1-2-7(11(14)15)10(13)8-5-3-4-6-9(8)12/h3-7H,2H2,1H3,(H,14,15). The van der Waals surface area contributed by atoms with Crippen LogP contribution in [-0.4, -0.2) is 16.9 Å². The van der Waals surface area contributed by atoms with Crippen LogP contribution in [0.3, 0.4) is 0 Å². The largest absolute Gasteiger partial charge is 0.481 e. The van der Waals surface area contributed by atoms with Crippen molar-refractivity contribution < 1.29 is 14.7 Å². The van der Waals surface area contributed by atoms with Crippen LogP contribution in [-0.2, 0) is 4.79 Å². The lowest BCUT2D eigenvalue weighted by atomic mass is 9.95. The number of carboxylic acid groups (broad SMARTS) is 1. The summed E-state index contributed by atoms with van der Waals surface area (Å²) in [5, 5.41) is 8.86. The highest BCUT2D eigenvalue weighted by molar-refractivity contribution is 9.10. The van der Waals surface area contributed by atoms with Crippen molar-refractivity contribution in [3.8, 4) is 0 Å². The minimum atomic E-state index is -1.07. The molecule has 0 aliphatic heterocycles. The third kappa shape index (κ3) is 2.65. The van der Waals surface area contributed by atoms with Gasteiger partial charge in [0.25, 0.3) is 0 Å². The van der Waals surface area contributed by atoms with Crippen LogP contribution in [0, 0.1) is 5.92 Å². The first-order valence-electron chi connectivity index (χ1n) is 4.59. The third-order valence-corrected chi connectivity index (χ3v) is 2.85. The Bertz CT molecular complexity index is 387. The number of hydrogen-bond acceptors (Lipinski definition) is 2. The highest BCUT2D eigenvalue weighted by atomic mass is 79.9. The second-order valence-corrected chi connectivity index (χ2v) is 4.00. The predicted octanol–water partition coefficient (Wildman–Crippen LogP) is 2.74. The van der Waals surface area contributed by atoms with Crippen molar-refractivity contribution in [3.63, 3.8) is 0 Å². The molecule has 0 aromatic heterocycles. The minimum absolute atomic E-state index is 0.301. The summed E-state index contributed by atoms with van der Waals surface area (Å²) in [6, 6.07) is 6.84. The van der Waals surface area contributed by atoms with Crippen molar-refractivity contribution in [2.45, 2.75) is 13.3 Å². The molecule has 1 N–H and O–H groups in total. The summed E-state index contributed by atoms with van der Waals surface area (Å²) in [5.74, 6) is -2.38. The van der Waals surface area contributed by atoms with Crippen LogP contribution >= 0.6 is 15.9 Å². The maximum Gasteiger partial charge on any atom is 0.314 e. The summed E-state index contributed by atoms with van der Waals surface area (Å²) in [6.45, 7) is 1.69. The third-order valence-electron chi connectivity index (χ3n) is 2.16. The summed E-state index contributed by atoms with van der Waals surface area (Å²) in [6.07, 6.45) is 0.301. The lowest BCUT2D eigenvalue weighted by molar-refractivity contribution is -0.140. The van der Waals surface area contributed by atoms with E-state index in [2.05, 4.69) is 15.9 Å². The number of benzene rings is 1. The Hall–Kier alpha value is -1.16. The summed E-state index contributed by atoms with van der Waals surface area (Å²) >= 11 is 3.23. The Morgan fingerprint density at radius 1 is 1.40 bits per heavy atom. The van der Waals surface area contributed by atoms with Gasteiger partial charge < -0.3 is 5.11 Å². The molecule has 0 radical (unpaired) electrons. The number of halogens is 1. The first kappa shape index (κ1) is 11.9. The van der Waals surface area contributed by atoms with Crippen LogP contribution < -0.4 is 0 Å². The molecule has 0 saturated carbocycles. The fourth-order valence-corrected chi connectivity index (χ4v) is 1.80. The zero-order chi connectivity index (χ0) is 11.4. The van der Waals surface area contributed by atoms with Gasteiger partial charge in [-0.3, -0.25) is 9.59 Å². The van der Waals surface area contributed by atoms with E-state index in [1.165, 1.54) is 0 Å². The SMILES string of the molecule is CCC(C(=O)O)C(=O)c1ccccc1Br.